The predicted molar refractivity (Wildman–Crippen MR) is 36.2 cm³/mol. The van der Waals surface area contributed by atoms with Gasteiger partial charge >= 0.3 is 23.1 Å². The van der Waals surface area contributed by atoms with Gasteiger partial charge in [0.1, 0.15) is 0 Å². The molecule has 0 aromatic heterocycles. The first-order valence-corrected chi connectivity index (χ1v) is 2.21. The molecule has 0 aliphatic heterocycles. The van der Waals surface area contributed by atoms with Crippen LogP contribution in [0.15, 0.2) is 25.3 Å². The van der Waals surface area contributed by atoms with Crippen molar-refractivity contribution < 1.29 is 19.8 Å². The van der Waals surface area contributed by atoms with Crippen molar-refractivity contribution in [3.05, 3.63) is 25.3 Å². The van der Waals surface area contributed by atoms with Crippen LogP contribution in [0.3, 0.4) is 0 Å². The molecule has 0 aromatic carbocycles. The monoisotopic (exact) mass is 166 g/mol. The Balaban J connectivity index is -0.000000107. The molecule has 4 nitrogen and oxygen atoms in total. The molecular weight excluding hydrogens is 160 g/mol. The molecule has 0 radical (unpaired) electrons. The first kappa shape index (κ1) is 16.6. The van der Waals surface area contributed by atoms with Gasteiger partial charge in [-0.3, -0.25) is 0 Å². The summed E-state index contributed by atoms with van der Waals surface area (Å²) in [5.74, 6) is -2.46. The Morgan fingerprint density at radius 1 is 1.00 bits per heavy atom. The molecule has 0 amide bonds. The molecule has 56 valence electrons. The Morgan fingerprint density at radius 3 is 1.09 bits per heavy atom. The fourth-order valence-corrected chi connectivity index (χ4v) is 0. The summed E-state index contributed by atoms with van der Waals surface area (Å²) in [5, 5.41) is 18.3. The molecule has 0 N–H and O–H groups in total. The largest absolute Gasteiger partial charge is 2.00 e. The maximum Gasteiger partial charge on any atom is 2.00 e. The van der Waals surface area contributed by atoms with E-state index in [1.54, 1.807) is 0 Å². The van der Waals surface area contributed by atoms with Gasteiger partial charge in [0.25, 0.3) is 0 Å². The minimum absolute atomic E-state index is 0. The predicted octanol–water partition coefficient (Wildman–Crippen LogP) is -2.54. The number of aliphatic carboxylic acids is 2. The molecule has 0 bridgehead atoms. The SMILES string of the molecule is C=CC(=O)[O-].C=CC(=O)[O-].[Mg+2]. The number of carbonyl (C=O) groups is 2. The number of carbonyl (C=O) groups excluding carboxylic acids is 2. The van der Waals surface area contributed by atoms with Crippen LogP contribution in [0, 0.1) is 0 Å². The molecule has 0 saturated carbocycles. The van der Waals surface area contributed by atoms with Gasteiger partial charge in [-0.2, -0.15) is 0 Å². The van der Waals surface area contributed by atoms with Crippen molar-refractivity contribution in [1.82, 2.24) is 0 Å². The molecule has 0 fully saturated rings. The summed E-state index contributed by atoms with van der Waals surface area (Å²) in [4.78, 5) is 18.3. The van der Waals surface area contributed by atoms with E-state index in [2.05, 4.69) is 13.2 Å². The van der Waals surface area contributed by atoms with Gasteiger partial charge in [-0.25, -0.2) is 0 Å². The molecule has 0 aliphatic rings. The van der Waals surface area contributed by atoms with Crippen LogP contribution in [0.2, 0.25) is 0 Å². The van der Waals surface area contributed by atoms with E-state index in [0.29, 0.717) is 0 Å². The van der Waals surface area contributed by atoms with Crippen LogP contribution >= 0.6 is 0 Å². The zero-order valence-electron chi connectivity index (χ0n) is 5.91. The molecule has 0 heterocycles. The Labute approximate surface area is 80.4 Å². The Morgan fingerprint density at radius 2 is 1.09 bits per heavy atom. The fourth-order valence-electron chi connectivity index (χ4n) is 0. The van der Waals surface area contributed by atoms with Gasteiger partial charge < -0.3 is 19.8 Å². The van der Waals surface area contributed by atoms with Gasteiger partial charge in [-0.05, 0) is 12.2 Å². The maximum atomic E-state index is 9.14. The number of carboxylic acid groups (broad SMARTS) is 2. The van der Waals surface area contributed by atoms with Crippen LogP contribution in [0.4, 0.5) is 0 Å². The third kappa shape index (κ3) is 46.7. The average Bonchev–Trinajstić information content (AvgIpc) is 1.89. The van der Waals surface area contributed by atoms with Crippen molar-refractivity contribution >= 4 is 35.0 Å². The Hall–Kier alpha value is -0.814. The fraction of sp³-hybridized carbons (Fsp3) is 0. The third-order valence-electron chi connectivity index (χ3n) is 0.333. The van der Waals surface area contributed by atoms with Gasteiger partial charge in [-0.1, -0.05) is 13.2 Å². The van der Waals surface area contributed by atoms with E-state index in [1.807, 2.05) is 0 Å². The van der Waals surface area contributed by atoms with Gasteiger partial charge in [0, 0.05) is 0 Å². The number of hydrogen-bond donors (Lipinski definition) is 0. The minimum atomic E-state index is -1.23. The molecule has 0 atom stereocenters. The van der Waals surface area contributed by atoms with E-state index in [0.717, 1.165) is 12.2 Å². The average molecular weight is 166 g/mol. The van der Waals surface area contributed by atoms with E-state index in [4.69, 9.17) is 19.8 Å². The third-order valence-corrected chi connectivity index (χ3v) is 0.333. The van der Waals surface area contributed by atoms with E-state index < -0.39 is 11.9 Å². The second kappa shape index (κ2) is 11.9. The number of hydrogen-bond acceptors (Lipinski definition) is 4. The van der Waals surface area contributed by atoms with Crippen molar-refractivity contribution in [1.29, 1.82) is 0 Å². The van der Waals surface area contributed by atoms with Gasteiger partial charge in [-0.15, -0.1) is 0 Å². The zero-order valence-corrected chi connectivity index (χ0v) is 7.32. The smallest absolute Gasteiger partial charge is 0.545 e. The molecule has 0 unspecified atom stereocenters. The van der Waals surface area contributed by atoms with E-state index >= 15 is 0 Å². The quantitative estimate of drug-likeness (QED) is 0.334. The Kier molecular flexibility index (Phi) is 18.0. The molecular formula is C6H6MgO4. The summed E-state index contributed by atoms with van der Waals surface area (Å²) in [7, 11) is 0. The van der Waals surface area contributed by atoms with Crippen molar-refractivity contribution in [2.24, 2.45) is 0 Å². The van der Waals surface area contributed by atoms with Gasteiger partial charge in [0.05, 0.1) is 11.9 Å². The topological polar surface area (TPSA) is 80.3 Å². The maximum absolute atomic E-state index is 9.14. The standard InChI is InChI=1S/2C3H4O2.Mg/c2*1-2-3(4)5;/h2*2H,1H2,(H,4,5);/q;;+2/p-2. The van der Waals surface area contributed by atoms with Crippen molar-refractivity contribution in [3.8, 4) is 0 Å². The van der Waals surface area contributed by atoms with Crippen LogP contribution in [0.5, 0.6) is 0 Å². The number of rotatable bonds is 2. The molecule has 0 spiro atoms. The van der Waals surface area contributed by atoms with Crippen molar-refractivity contribution in [3.63, 3.8) is 0 Å². The minimum Gasteiger partial charge on any atom is -0.545 e. The second-order valence-corrected chi connectivity index (χ2v) is 1.05. The Bertz CT molecular complexity index is 135. The van der Waals surface area contributed by atoms with Crippen LogP contribution in [-0.4, -0.2) is 35.0 Å². The first-order chi connectivity index (χ1) is 4.54. The summed E-state index contributed by atoms with van der Waals surface area (Å²) in [6.45, 7) is 5.80. The van der Waals surface area contributed by atoms with Crippen molar-refractivity contribution in [2.45, 2.75) is 0 Å². The van der Waals surface area contributed by atoms with Crippen LogP contribution in [0.1, 0.15) is 0 Å². The number of carboxylic acids is 2. The summed E-state index contributed by atoms with van der Waals surface area (Å²) in [6.07, 6.45) is 1.44. The van der Waals surface area contributed by atoms with Crippen LogP contribution < -0.4 is 10.2 Å². The molecule has 0 aliphatic carbocycles. The molecule has 0 aromatic rings. The first-order valence-electron chi connectivity index (χ1n) is 2.21. The summed E-state index contributed by atoms with van der Waals surface area (Å²) in [6, 6.07) is 0. The summed E-state index contributed by atoms with van der Waals surface area (Å²) < 4.78 is 0. The van der Waals surface area contributed by atoms with Gasteiger partial charge in [0.15, 0.2) is 0 Å². The van der Waals surface area contributed by atoms with Gasteiger partial charge in [0.2, 0.25) is 0 Å². The summed E-state index contributed by atoms with van der Waals surface area (Å²) in [5.41, 5.74) is 0. The van der Waals surface area contributed by atoms with Crippen LogP contribution in [-0.2, 0) is 9.59 Å². The molecule has 5 heteroatoms. The zero-order chi connectivity index (χ0) is 8.57. The molecule has 0 saturated heterocycles. The van der Waals surface area contributed by atoms with E-state index in [9.17, 15) is 0 Å². The van der Waals surface area contributed by atoms with E-state index in [1.165, 1.54) is 0 Å². The normalized spacial score (nSPS) is 5.82. The summed E-state index contributed by atoms with van der Waals surface area (Å²) >= 11 is 0. The van der Waals surface area contributed by atoms with Crippen LogP contribution in [0.25, 0.3) is 0 Å². The second-order valence-electron chi connectivity index (χ2n) is 1.05. The molecule has 0 rings (SSSR count). The van der Waals surface area contributed by atoms with E-state index in [-0.39, 0.29) is 23.1 Å². The molecule has 11 heavy (non-hydrogen) atoms. The van der Waals surface area contributed by atoms with Crippen molar-refractivity contribution in [2.75, 3.05) is 0 Å².